The number of carbonyl (C=O) groups is 1. The van der Waals surface area contributed by atoms with Crippen LogP contribution >= 0.6 is 11.6 Å². The van der Waals surface area contributed by atoms with Crippen molar-refractivity contribution < 1.29 is 17.9 Å². The fraction of sp³-hybridized carbons (Fsp3) is 0.0952. The minimum Gasteiger partial charge on any atom is -0.497 e. The lowest BCUT2D eigenvalue weighted by molar-refractivity contribution is 0.102. The molecule has 3 rings (SSSR count). The Kier molecular flexibility index (Phi) is 6.10. The average molecular weight is 431 g/mol. The number of methoxy groups -OCH3 is 1. The van der Waals surface area contributed by atoms with Crippen LogP contribution < -0.4 is 14.8 Å². The maximum atomic E-state index is 12.6. The lowest BCUT2D eigenvalue weighted by Gasteiger charge is -2.11. The van der Waals surface area contributed by atoms with Crippen molar-refractivity contribution in [3.63, 3.8) is 0 Å². The Balaban J connectivity index is 1.74. The second-order valence-corrected chi connectivity index (χ2v) is 8.31. The van der Waals surface area contributed by atoms with Crippen molar-refractivity contribution in [2.45, 2.75) is 11.8 Å². The van der Waals surface area contributed by atoms with E-state index in [-0.39, 0.29) is 10.8 Å². The van der Waals surface area contributed by atoms with Gasteiger partial charge in [-0.1, -0.05) is 17.7 Å². The molecule has 0 radical (unpaired) electrons. The summed E-state index contributed by atoms with van der Waals surface area (Å²) in [6.45, 7) is 1.80. The molecule has 8 heteroatoms. The lowest BCUT2D eigenvalue weighted by atomic mass is 10.1. The molecule has 3 aromatic rings. The van der Waals surface area contributed by atoms with E-state index < -0.39 is 10.0 Å². The van der Waals surface area contributed by atoms with Gasteiger partial charge in [-0.2, -0.15) is 0 Å². The van der Waals surface area contributed by atoms with Crippen LogP contribution in [0.1, 0.15) is 15.9 Å². The van der Waals surface area contributed by atoms with Gasteiger partial charge in [-0.25, -0.2) is 8.42 Å². The largest absolute Gasteiger partial charge is 0.497 e. The molecule has 0 heterocycles. The summed E-state index contributed by atoms with van der Waals surface area (Å²) >= 11 is 6.07. The van der Waals surface area contributed by atoms with Gasteiger partial charge in [-0.3, -0.25) is 9.52 Å². The Morgan fingerprint density at radius 2 is 1.62 bits per heavy atom. The van der Waals surface area contributed by atoms with E-state index in [9.17, 15) is 13.2 Å². The first kappa shape index (κ1) is 20.7. The minimum absolute atomic E-state index is 0.0452. The van der Waals surface area contributed by atoms with Gasteiger partial charge in [0.1, 0.15) is 5.75 Å². The van der Waals surface area contributed by atoms with Crippen LogP contribution in [0, 0.1) is 6.92 Å². The number of hydrogen-bond acceptors (Lipinski definition) is 4. The third-order valence-corrected chi connectivity index (χ3v) is 6.09. The van der Waals surface area contributed by atoms with Crippen LogP contribution in [0.15, 0.2) is 71.6 Å². The normalized spacial score (nSPS) is 11.0. The SMILES string of the molecule is COc1ccc(NS(=O)(=O)c2ccc(C(=O)Nc3cccc(Cl)c3C)cc2)cc1. The van der Waals surface area contributed by atoms with Gasteiger partial charge in [0, 0.05) is 22.0 Å². The summed E-state index contributed by atoms with van der Waals surface area (Å²) in [7, 11) is -2.25. The Labute approximate surface area is 174 Å². The zero-order valence-electron chi connectivity index (χ0n) is 15.8. The second kappa shape index (κ2) is 8.55. The number of benzene rings is 3. The van der Waals surface area contributed by atoms with Gasteiger partial charge in [0.25, 0.3) is 15.9 Å². The van der Waals surface area contributed by atoms with Crippen molar-refractivity contribution in [2.75, 3.05) is 17.1 Å². The van der Waals surface area contributed by atoms with Crippen LogP contribution in [0.5, 0.6) is 5.75 Å². The van der Waals surface area contributed by atoms with Crippen LogP contribution in [-0.4, -0.2) is 21.4 Å². The zero-order valence-corrected chi connectivity index (χ0v) is 17.3. The highest BCUT2D eigenvalue weighted by atomic mass is 35.5. The maximum Gasteiger partial charge on any atom is 0.261 e. The van der Waals surface area contributed by atoms with Gasteiger partial charge in [-0.15, -0.1) is 0 Å². The van der Waals surface area contributed by atoms with Gasteiger partial charge in [-0.05, 0) is 73.2 Å². The standard InChI is InChI=1S/C21H19ClN2O4S/c1-14-19(22)4-3-5-20(14)23-21(25)15-6-12-18(13-7-15)29(26,27)24-16-8-10-17(28-2)11-9-16/h3-13,24H,1-2H3,(H,23,25). The number of carbonyl (C=O) groups excluding carboxylic acids is 1. The Morgan fingerprint density at radius 3 is 2.24 bits per heavy atom. The zero-order chi connectivity index (χ0) is 21.0. The van der Waals surface area contributed by atoms with E-state index in [0.717, 1.165) is 5.56 Å². The summed E-state index contributed by atoms with van der Waals surface area (Å²) in [5.74, 6) is 0.265. The molecule has 6 nitrogen and oxygen atoms in total. The van der Waals surface area contributed by atoms with E-state index in [4.69, 9.17) is 16.3 Å². The number of anilines is 2. The summed E-state index contributed by atoms with van der Waals surface area (Å²) in [6, 6.07) is 17.4. The summed E-state index contributed by atoms with van der Waals surface area (Å²) in [4.78, 5) is 12.5. The summed E-state index contributed by atoms with van der Waals surface area (Å²) in [5, 5.41) is 3.33. The van der Waals surface area contributed by atoms with Crippen molar-refractivity contribution in [1.29, 1.82) is 0 Å². The van der Waals surface area contributed by atoms with Gasteiger partial charge in [0.2, 0.25) is 0 Å². The van der Waals surface area contributed by atoms with Crippen molar-refractivity contribution in [1.82, 2.24) is 0 Å². The molecule has 0 bridgehead atoms. The van der Waals surface area contributed by atoms with Crippen LogP contribution in [0.4, 0.5) is 11.4 Å². The Bertz CT molecular complexity index is 1130. The molecule has 0 aliphatic heterocycles. The minimum atomic E-state index is -3.79. The molecule has 2 N–H and O–H groups in total. The summed E-state index contributed by atoms with van der Waals surface area (Å²) < 4.78 is 32.6. The monoisotopic (exact) mass is 430 g/mol. The molecule has 29 heavy (non-hydrogen) atoms. The fourth-order valence-corrected chi connectivity index (χ4v) is 3.83. The highest BCUT2D eigenvalue weighted by Gasteiger charge is 2.16. The number of sulfonamides is 1. The fourth-order valence-electron chi connectivity index (χ4n) is 2.60. The summed E-state index contributed by atoms with van der Waals surface area (Å²) in [6.07, 6.45) is 0. The Hall–Kier alpha value is -3.03. The van der Waals surface area contributed by atoms with Gasteiger partial charge >= 0.3 is 0 Å². The first-order valence-corrected chi connectivity index (χ1v) is 10.5. The number of amides is 1. The second-order valence-electron chi connectivity index (χ2n) is 6.22. The van der Waals surface area contributed by atoms with E-state index in [1.54, 1.807) is 49.4 Å². The van der Waals surface area contributed by atoms with Crippen LogP contribution in [0.3, 0.4) is 0 Å². The van der Waals surface area contributed by atoms with E-state index in [1.165, 1.54) is 31.4 Å². The highest BCUT2D eigenvalue weighted by molar-refractivity contribution is 7.92. The van der Waals surface area contributed by atoms with E-state index >= 15 is 0 Å². The first-order valence-electron chi connectivity index (χ1n) is 8.63. The quantitative estimate of drug-likeness (QED) is 0.593. The predicted octanol–water partition coefficient (Wildman–Crippen LogP) is 4.71. The van der Waals surface area contributed by atoms with E-state index in [1.807, 2.05) is 0 Å². The molecule has 1 amide bonds. The van der Waals surface area contributed by atoms with Crippen molar-refractivity contribution in [2.24, 2.45) is 0 Å². The number of halogens is 1. The molecule has 0 aromatic heterocycles. The molecule has 150 valence electrons. The number of rotatable bonds is 6. The topological polar surface area (TPSA) is 84.5 Å². The first-order chi connectivity index (χ1) is 13.8. The average Bonchev–Trinajstić information content (AvgIpc) is 2.72. The van der Waals surface area contributed by atoms with Gasteiger partial charge in [0.15, 0.2) is 0 Å². The van der Waals surface area contributed by atoms with E-state index in [0.29, 0.717) is 27.7 Å². The molecule has 0 spiro atoms. The van der Waals surface area contributed by atoms with Gasteiger partial charge in [0.05, 0.1) is 12.0 Å². The third-order valence-electron chi connectivity index (χ3n) is 4.28. The van der Waals surface area contributed by atoms with Crippen molar-refractivity contribution >= 4 is 38.9 Å². The molecule has 0 fully saturated rings. The smallest absolute Gasteiger partial charge is 0.261 e. The number of hydrogen-bond donors (Lipinski definition) is 2. The summed E-state index contributed by atoms with van der Waals surface area (Å²) in [5.41, 5.74) is 2.09. The number of ether oxygens (including phenoxy) is 1. The Morgan fingerprint density at radius 1 is 0.966 bits per heavy atom. The number of nitrogens with one attached hydrogen (secondary N) is 2. The van der Waals surface area contributed by atoms with Crippen molar-refractivity contribution in [3.05, 3.63) is 82.9 Å². The molecular weight excluding hydrogens is 412 g/mol. The molecule has 0 atom stereocenters. The van der Waals surface area contributed by atoms with Gasteiger partial charge < -0.3 is 10.1 Å². The van der Waals surface area contributed by atoms with Crippen LogP contribution in [0.25, 0.3) is 0 Å². The lowest BCUT2D eigenvalue weighted by Crippen LogP contribution is -2.15. The van der Waals surface area contributed by atoms with Crippen LogP contribution in [0.2, 0.25) is 5.02 Å². The van der Waals surface area contributed by atoms with E-state index in [2.05, 4.69) is 10.0 Å². The maximum absolute atomic E-state index is 12.6. The predicted molar refractivity (Wildman–Crippen MR) is 114 cm³/mol. The molecule has 0 saturated carbocycles. The molecule has 0 saturated heterocycles. The molecule has 3 aromatic carbocycles. The molecule has 0 aliphatic carbocycles. The molecule has 0 aliphatic rings. The molecular formula is C21H19ClN2O4S. The van der Waals surface area contributed by atoms with Crippen molar-refractivity contribution in [3.8, 4) is 5.75 Å². The highest BCUT2D eigenvalue weighted by Crippen LogP contribution is 2.24. The van der Waals surface area contributed by atoms with Crippen LogP contribution in [-0.2, 0) is 10.0 Å². The third kappa shape index (κ3) is 4.88. The molecule has 0 unspecified atom stereocenters.